The number of quaternary nitrogens is 1. The van der Waals surface area contributed by atoms with Gasteiger partial charge in [-0.25, -0.2) is 0 Å². The molecule has 0 unspecified atom stereocenters. The first-order chi connectivity index (χ1) is 9.76. The topological polar surface area (TPSA) is 115 Å². The first-order valence-corrected chi connectivity index (χ1v) is 7.14. The Kier molecular flexibility index (Phi) is 4.95. The summed E-state index contributed by atoms with van der Waals surface area (Å²) in [7, 11) is 0. The van der Waals surface area contributed by atoms with Crippen molar-refractivity contribution in [2.24, 2.45) is 5.92 Å². The second kappa shape index (κ2) is 6.71. The minimum atomic E-state index is 0. The lowest BCUT2D eigenvalue weighted by molar-refractivity contribution is -0.496. The molecule has 1 aromatic heterocycles. The maximum absolute atomic E-state index is 10.9. The Bertz CT molecular complexity index is 591. The number of aromatic nitrogens is 2. The Labute approximate surface area is 123 Å². The van der Waals surface area contributed by atoms with Crippen LogP contribution in [0.15, 0.2) is 30.6 Å². The monoisotopic (exact) mass is 290 g/mol. The van der Waals surface area contributed by atoms with E-state index in [0.29, 0.717) is 11.4 Å². The number of hydrogen-bond donors (Lipinski definition) is 2. The quantitative estimate of drug-likeness (QED) is 0.650. The van der Waals surface area contributed by atoms with Gasteiger partial charge in [0.2, 0.25) is 0 Å². The van der Waals surface area contributed by atoms with Crippen LogP contribution in [-0.4, -0.2) is 15.3 Å². The van der Waals surface area contributed by atoms with Crippen molar-refractivity contribution in [1.29, 1.82) is 0 Å². The summed E-state index contributed by atoms with van der Waals surface area (Å²) in [5, 5.41) is 15.4. The zero-order valence-electron chi connectivity index (χ0n) is 12.0. The summed E-state index contributed by atoms with van der Waals surface area (Å²) in [4.78, 5) is 0. The van der Waals surface area contributed by atoms with Crippen molar-refractivity contribution >= 4 is 11.4 Å². The number of anilines is 1. The molecular formula is C15H22N4O2. The molecule has 0 amide bonds. The summed E-state index contributed by atoms with van der Waals surface area (Å²) in [5.41, 5.74) is 9.60. The van der Waals surface area contributed by atoms with Gasteiger partial charge in [0.25, 0.3) is 0 Å². The summed E-state index contributed by atoms with van der Waals surface area (Å²) >= 11 is 0. The van der Waals surface area contributed by atoms with Crippen LogP contribution >= 0.6 is 0 Å². The van der Waals surface area contributed by atoms with E-state index in [1.165, 1.54) is 25.7 Å². The molecule has 1 fully saturated rings. The van der Waals surface area contributed by atoms with E-state index < -0.39 is 0 Å². The van der Waals surface area contributed by atoms with E-state index in [4.69, 9.17) is 5.73 Å². The first-order valence-electron chi connectivity index (χ1n) is 7.14. The molecule has 2 aromatic rings. The molecule has 3 rings (SSSR count). The van der Waals surface area contributed by atoms with Crippen LogP contribution in [0.3, 0.4) is 0 Å². The van der Waals surface area contributed by atoms with Gasteiger partial charge in [0.05, 0.1) is 11.9 Å². The molecule has 0 radical (unpaired) electrons. The Morgan fingerprint density at radius 2 is 2.05 bits per heavy atom. The number of nitrogen functional groups attached to an aromatic ring is 1. The predicted molar refractivity (Wildman–Crippen MR) is 82.6 cm³/mol. The predicted octanol–water partition coefficient (Wildman–Crippen LogP) is 1.19. The fraction of sp³-hybridized carbons (Fsp3) is 0.400. The van der Waals surface area contributed by atoms with Gasteiger partial charge in [-0.05, 0) is 30.4 Å². The van der Waals surface area contributed by atoms with Crippen molar-refractivity contribution in [3.63, 3.8) is 0 Å². The average Bonchev–Trinajstić information content (AvgIpc) is 3.12. The van der Waals surface area contributed by atoms with Crippen LogP contribution < -0.4 is 11.2 Å². The first kappa shape index (κ1) is 15.5. The zero-order chi connectivity index (χ0) is 13.9. The lowest BCUT2D eigenvalue weighted by Crippen LogP contribution is -2.70. The van der Waals surface area contributed by atoms with Crippen LogP contribution in [0.25, 0.3) is 11.1 Å². The average molecular weight is 290 g/mol. The van der Waals surface area contributed by atoms with Gasteiger partial charge >= 0.3 is 0 Å². The van der Waals surface area contributed by atoms with Gasteiger partial charge in [-0.1, -0.05) is 18.9 Å². The molecule has 21 heavy (non-hydrogen) atoms. The minimum Gasteiger partial charge on any atom is -0.630 e. The van der Waals surface area contributed by atoms with Crippen molar-refractivity contribution in [2.75, 3.05) is 5.73 Å². The van der Waals surface area contributed by atoms with Gasteiger partial charge in [-0.3, -0.25) is 4.68 Å². The van der Waals surface area contributed by atoms with E-state index in [1.54, 1.807) is 6.07 Å². The molecule has 1 aliphatic carbocycles. The zero-order valence-corrected chi connectivity index (χ0v) is 12.0. The van der Waals surface area contributed by atoms with Gasteiger partial charge in [-0.15, -0.1) is 0 Å². The van der Waals surface area contributed by atoms with Crippen molar-refractivity contribution in [2.45, 2.75) is 32.2 Å². The Hall–Kier alpha value is -1.89. The highest BCUT2D eigenvalue weighted by Gasteiger charge is 2.16. The van der Waals surface area contributed by atoms with Gasteiger partial charge in [0, 0.05) is 24.4 Å². The van der Waals surface area contributed by atoms with Gasteiger partial charge in [0.1, 0.15) is 0 Å². The third kappa shape index (κ3) is 3.41. The summed E-state index contributed by atoms with van der Waals surface area (Å²) < 4.78 is 2.02. The van der Waals surface area contributed by atoms with Crippen molar-refractivity contribution in [3.05, 3.63) is 35.8 Å². The van der Waals surface area contributed by atoms with Gasteiger partial charge in [0.15, 0.2) is 5.69 Å². The van der Waals surface area contributed by atoms with Crippen LogP contribution in [0.5, 0.6) is 0 Å². The van der Waals surface area contributed by atoms with E-state index >= 15 is 0 Å². The summed E-state index contributed by atoms with van der Waals surface area (Å²) in [6.07, 6.45) is 9.23. The molecule has 6 nitrogen and oxygen atoms in total. The van der Waals surface area contributed by atoms with Crippen LogP contribution in [0, 0.1) is 11.1 Å². The molecule has 0 aliphatic heterocycles. The molecule has 0 spiro atoms. The molecule has 114 valence electrons. The fourth-order valence-corrected chi connectivity index (χ4v) is 2.93. The second-order valence-electron chi connectivity index (χ2n) is 5.56. The van der Waals surface area contributed by atoms with Crippen molar-refractivity contribution < 1.29 is 11.0 Å². The SMILES string of the molecule is Nc1ccc(-c2cnn(CC3CCCC3)c2)cc1[NH2+][O-].O. The lowest BCUT2D eigenvalue weighted by atomic mass is 10.1. The van der Waals surface area contributed by atoms with Crippen LogP contribution in [0.1, 0.15) is 25.7 Å². The summed E-state index contributed by atoms with van der Waals surface area (Å²) in [6.45, 7) is 0.996. The van der Waals surface area contributed by atoms with E-state index in [9.17, 15) is 5.21 Å². The van der Waals surface area contributed by atoms with Gasteiger partial charge < -0.3 is 21.9 Å². The molecule has 1 saturated carbocycles. The molecule has 6 heteroatoms. The summed E-state index contributed by atoms with van der Waals surface area (Å²) in [5.74, 6) is 0.764. The third-order valence-corrected chi connectivity index (χ3v) is 4.10. The number of rotatable bonds is 4. The van der Waals surface area contributed by atoms with Crippen molar-refractivity contribution in [1.82, 2.24) is 9.78 Å². The Morgan fingerprint density at radius 1 is 1.29 bits per heavy atom. The Balaban J connectivity index is 0.00000161. The second-order valence-corrected chi connectivity index (χ2v) is 5.56. The smallest absolute Gasteiger partial charge is 0.153 e. The fourth-order valence-electron chi connectivity index (χ4n) is 2.93. The molecule has 1 aliphatic rings. The van der Waals surface area contributed by atoms with Crippen LogP contribution in [-0.2, 0) is 6.54 Å². The standard InChI is InChI=1S/C15H20N4O.H2O/c16-14-6-5-12(7-15(14)18-20)13-8-17-19(10-13)9-11-3-1-2-4-11;/h5-8,10-11H,1-4,9,16,18H2;1H2. The maximum atomic E-state index is 10.9. The van der Waals surface area contributed by atoms with E-state index in [-0.39, 0.29) is 5.48 Å². The lowest BCUT2D eigenvalue weighted by Gasteiger charge is -2.08. The van der Waals surface area contributed by atoms with E-state index in [1.807, 2.05) is 23.0 Å². The highest BCUT2D eigenvalue weighted by Crippen LogP contribution is 2.28. The van der Waals surface area contributed by atoms with Crippen LogP contribution in [0.4, 0.5) is 11.4 Å². The summed E-state index contributed by atoms with van der Waals surface area (Å²) in [6, 6.07) is 5.52. The van der Waals surface area contributed by atoms with E-state index in [0.717, 1.165) is 29.1 Å². The highest BCUT2D eigenvalue weighted by molar-refractivity contribution is 5.71. The molecule has 1 heterocycles. The number of nitrogens with zero attached hydrogens (tertiary/aromatic N) is 2. The number of nitrogens with two attached hydrogens (primary N) is 2. The molecular weight excluding hydrogens is 268 g/mol. The molecule has 0 bridgehead atoms. The normalized spacial score (nSPS) is 15.1. The molecule has 6 N–H and O–H groups in total. The molecule has 1 aromatic carbocycles. The van der Waals surface area contributed by atoms with Gasteiger partial charge in [-0.2, -0.15) is 5.10 Å². The number of benzene rings is 1. The van der Waals surface area contributed by atoms with E-state index in [2.05, 4.69) is 11.3 Å². The third-order valence-electron chi connectivity index (χ3n) is 4.10. The maximum Gasteiger partial charge on any atom is 0.153 e. The molecule has 0 saturated heterocycles. The largest absolute Gasteiger partial charge is 0.630 e. The van der Waals surface area contributed by atoms with Crippen LogP contribution in [0.2, 0.25) is 0 Å². The Morgan fingerprint density at radius 3 is 2.76 bits per heavy atom. The highest BCUT2D eigenvalue weighted by atomic mass is 16.5. The number of hydrogen-bond acceptors (Lipinski definition) is 3. The minimum absolute atomic E-state index is 0. The van der Waals surface area contributed by atoms with Crippen molar-refractivity contribution in [3.8, 4) is 11.1 Å². The molecule has 0 atom stereocenters.